The van der Waals surface area contributed by atoms with Gasteiger partial charge in [-0.25, -0.2) is 19.6 Å². The van der Waals surface area contributed by atoms with Crippen molar-refractivity contribution in [2.24, 2.45) is 7.05 Å². The van der Waals surface area contributed by atoms with Crippen molar-refractivity contribution < 1.29 is 27.5 Å². The molecule has 0 fully saturated rings. The number of nitrogens with one attached hydrogen (secondary N) is 2. The quantitative estimate of drug-likeness (QED) is 0.322. The summed E-state index contributed by atoms with van der Waals surface area (Å²) in [5.74, 6) is -1.47. The predicted molar refractivity (Wildman–Crippen MR) is 123 cm³/mol. The van der Waals surface area contributed by atoms with Crippen LogP contribution in [0.25, 0.3) is 22.6 Å². The number of carbonyl (C=O) groups excluding carboxylic acids is 2. The molecule has 0 aromatic carbocycles. The van der Waals surface area contributed by atoms with E-state index in [9.17, 15) is 22.8 Å². The van der Waals surface area contributed by atoms with Crippen molar-refractivity contribution >= 4 is 40.2 Å². The van der Waals surface area contributed by atoms with Crippen LogP contribution in [0.3, 0.4) is 0 Å². The van der Waals surface area contributed by atoms with E-state index in [2.05, 4.69) is 40.5 Å². The van der Waals surface area contributed by atoms with E-state index in [0.29, 0.717) is 11.1 Å². The summed E-state index contributed by atoms with van der Waals surface area (Å²) in [6.07, 6.45) is -0.343. The van der Waals surface area contributed by atoms with Gasteiger partial charge < -0.3 is 16.4 Å². The minimum absolute atomic E-state index is 0.0121. The molecule has 0 spiro atoms. The number of aromatic nitrogens is 7. The minimum atomic E-state index is -4.79. The number of hydrogen-bond acceptors (Lipinski definition) is 9. The molecule has 1 aliphatic heterocycles. The van der Waals surface area contributed by atoms with E-state index in [1.54, 1.807) is 25.4 Å². The number of aryl methyl sites for hydroxylation is 1. The van der Waals surface area contributed by atoms with Gasteiger partial charge in [0.1, 0.15) is 17.3 Å². The second-order valence-electron chi connectivity index (χ2n) is 8.33. The lowest BCUT2D eigenvalue weighted by Gasteiger charge is -2.21. The molecule has 0 aliphatic carbocycles. The fourth-order valence-electron chi connectivity index (χ4n) is 4.05. The maximum atomic E-state index is 13.1. The average molecular weight is 516 g/mol. The van der Waals surface area contributed by atoms with Gasteiger partial charge in [0.2, 0.25) is 11.8 Å². The summed E-state index contributed by atoms with van der Waals surface area (Å²) in [5, 5.41) is 13.9. The van der Waals surface area contributed by atoms with Gasteiger partial charge in [0.05, 0.1) is 36.0 Å². The molecular formula is C21H19F3N10O3. The fraction of sp³-hybridized carbons (Fsp3) is 0.286. The number of alkyl halides is 3. The molecule has 5 rings (SSSR count). The number of pyridine rings is 1. The molecule has 4 aromatic heterocycles. The monoisotopic (exact) mass is 516 g/mol. The summed E-state index contributed by atoms with van der Waals surface area (Å²) in [7, 11) is 1.67. The number of halogens is 3. The number of carbonyl (C=O) groups is 2. The summed E-state index contributed by atoms with van der Waals surface area (Å²) in [6.45, 7) is 0.453. The number of amides is 2. The van der Waals surface area contributed by atoms with E-state index >= 15 is 0 Å². The summed E-state index contributed by atoms with van der Waals surface area (Å²) in [5.41, 5.74) is 5.40. The van der Waals surface area contributed by atoms with Crippen LogP contribution in [0, 0.1) is 0 Å². The van der Waals surface area contributed by atoms with E-state index in [1.165, 1.54) is 28.7 Å². The highest BCUT2D eigenvalue weighted by atomic mass is 19.4. The van der Waals surface area contributed by atoms with Crippen LogP contribution in [0.1, 0.15) is 12.5 Å². The summed E-state index contributed by atoms with van der Waals surface area (Å²) in [4.78, 5) is 38.9. The SMILES string of the molecule is Cn1cc(NC(=O)C2(C)C(=O)Nc3nc(-c4nn(CCOC(F)(F)F)c5ncccc45)nc(N)c32)cn1. The largest absolute Gasteiger partial charge is 0.522 e. The van der Waals surface area contributed by atoms with Gasteiger partial charge in [-0.1, -0.05) is 0 Å². The predicted octanol–water partition coefficient (Wildman–Crippen LogP) is 1.59. The van der Waals surface area contributed by atoms with Crippen molar-refractivity contribution in [2.45, 2.75) is 25.2 Å². The number of hydrogen-bond donors (Lipinski definition) is 3. The zero-order valence-electron chi connectivity index (χ0n) is 19.4. The van der Waals surface area contributed by atoms with E-state index in [-0.39, 0.29) is 40.9 Å². The van der Waals surface area contributed by atoms with Crippen molar-refractivity contribution in [2.75, 3.05) is 23.0 Å². The Hall–Kier alpha value is -4.60. The molecule has 0 saturated carbocycles. The second-order valence-corrected chi connectivity index (χ2v) is 8.33. The molecule has 1 atom stereocenters. The number of rotatable bonds is 6. The first-order chi connectivity index (χ1) is 17.5. The normalized spacial score (nSPS) is 17.2. The molecule has 37 heavy (non-hydrogen) atoms. The van der Waals surface area contributed by atoms with Gasteiger partial charge in [0.15, 0.2) is 16.9 Å². The van der Waals surface area contributed by atoms with Gasteiger partial charge in [-0.15, -0.1) is 13.2 Å². The fourth-order valence-corrected chi connectivity index (χ4v) is 4.05. The van der Waals surface area contributed by atoms with E-state index in [0.717, 1.165) is 0 Å². The first-order valence-electron chi connectivity index (χ1n) is 10.8. The van der Waals surface area contributed by atoms with Crippen molar-refractivity contribution in [1.82, 2.24) is 34.5 Å². The number of ether oxygens (including phenoxy) is 1. The Morgan fingerprint density at radius 1 is 1.32 bits per heavy atom. The average Bonchev–Trinajstić information content (AvgIpc) is 3.48. The lowest BCUT2D eigenvalue weighted by Crippen LogP contribution is -2.43. The highest BCUT2D eigenvalue weighted by Gasteiger charge is 2.52. The molecular weight excluding hydrogens is 497 g/mol. The molecule has 16 heteroatoms. The molecule has 192 valence electrons. The van der Waals surface area contributed by atoms with Crippen LogP contribution >= 0.6 is 0 Å². The Labute approximate surface area is 205 Å². The second kappa shape index (κ2) is 8.51. The number of fused-ring (bicyclic) bond motifs is 2. The summed E-state index contributed by atoms with van der Waals surface area (Å²) >= 11 is 0. The highest BCUT2D eigenvalue weighted by molar-refractivity contribution is 6.23. The zero-order chi connectivity index (χ0) is 26.5. The topological polar surface area (TPSA) is 168 Å². The van der Waals surface area contributed by atoms with Crippen LogP contribution in [0.5, 0.6) is 0 Å². The minimum Gasteiger partial charge on any atom is -0.383 e. The molecule has 0 saturated heterocycles. The van der Waals surface area contributed by atoms with Gasteiger partial charge in [-0.3, -0.25) is 19.0 Å². The molecule has 1 unspecified atom stereocenters. The number of nitrogens with two attached hydrogens (primary N) is 1. The molecule has 0 radical (unpaired) electrons. The number of nitrogens with zero attached hydrogens (tertiary/aromatic N) is 7. The van der Waals surface area contributed by atoms with Crippen molar-refractivity contribution in [1.29, 1.82) is 0 Å². The molecule has 0 bridgehead atoms. The lowest BCUT2D eigenvalue weighted by molar-refractivity contribution is -0.325. The van der Waals surface area contributed by atoms with Gasteiger partial charge in [0.25, 0.3) is 0 Å². The summed E-state index contributed by atoms with van der Waals surface area (Å²) in [6, 6.07) is 3.25. The molecule has 5 heterocycles. The van der Waals surface area contributed by atoms with Gasteiger partial charge in [0, 0.05) is 19.4 Å². The Morgan fingerprint density at radius 2 is 2.11 bits per heavy atom. The summed E-state index contributed by atoms with van der Waals surface area (Å²) < 4.78 is 43.8. The lowest BCUT2D eigenvalue weighted by atomic mass is 9.83. The van der Waals surface area contributed by atoms with Crippen LogP contribution in [-0.2, 0) is 33.3 Å². The standard InChI is InChI=1S/C21H19F3N10O3/c1-20(18(35)28-10-8-27-33(2)9-10)12-14(25)29-16(30-15(12)31-19(20)36)13-11-4-3-5-26-17(11)34(32-13)6-7-37-21(22,23)24/h3-5,8-9H,6-7H2,1-2H3,(H,28,35)(H3,25,29,30,31,36). The Kier molecular flexibility index (Phi) is 5.54. The Bertz CT molecular complexity index is 1550. The molecule has 1 aliphatic rings. The van der Waals surface area contributed by atoms with Crippen LogP contribution in [0.2, 0.25) is 0 Å². The highest BCUT2D eigenvalue weighted by Crippen LogP contribution is 2.42. The van der Waals surface area contributed by atoms with Gasteiger partial charge in [-0.2, -0.15) is 10.2 Å². The molecule has 13 nitrogen and oxygen atoms in total. The van der Waals surface area contributed by atoms with Crippen LogP contribution in [-0.4, -0.2) is 59.3 Å². The first kappa shape index (κ1) is 24.1. The van der Waals surface area contributed by atoms with E-state index in [1.807, 2.05) is 0 Å². The third kappa shape index (κ3) is 4.20. The van der Waals surface area contributed by atoms with Crippen molar-refractivity contribution in [3.05, 3.63) is 36.3 Å². The maximum Gasteiger partial charge on any atom is 0.522 e. The van der Waals surface area contributed by atoms with Crippen LogP contribution in [0.4, 0.5) is 30.5 Å². The number of nitrogen functional groups attached to an aromatic ring is 1. The number of anilines is 3. The maximum absolute atomic E-state index is 13.1. The smallest absolute Gasteiger partial charge is 0.383 e. The van der Waals surface area contributed by atoms with E-state index in [4.69, 9.17) is 5.73 Å². The van der Waals surface area contributed by atoms with Crippen LogP contribution in [0.15, 0.2) is 30.7 Å². The van der Waals surface area contributed by atoms with Gasteiger partial charge in [-0.05, 0) is 19.1 Å². The van der Waals surface area contributed by atoms with Gasteiger partial charge >= 0.3 is 6.36 Å². The first-order valence-corrected chi connectivity index (χ1v) is 10.8. The zero-order valence-corrected chi connectivity index (χ0v) is 19.4. The van der Waals surface area contributed by atoms with E-state index < -0.39 is 30.2 Å². The molecule has 2 amide bonds. The molecule has 4 aromatic rings. The van der Waals surface area contributed by atoms with Crippen LogP contribution < -0.4 is 16.4 Å². The van der Waals surface area contributed by atoms with Crippen molar-refractivity contribution in [3.8, 4) is 11.5 Å². The Balaban J connectivity index is 1.51. The van der Waals surface area contributed by atoms with Crippen molar-refractivity contribution in [3.63, 3.8) is 0 Å². The third-order valence-electron chi connectivity index (χ3n) is 5.83. The Morgan fingerprint density at radius 3 is 2.81 bits per heavy atom. The molecule has 4 N–H and O–H groups in total. The third-order valence-corrected chi connectivity index (χ3v) is 5.83.